The van der Waals surface area contributed by atoms with Gasteiger partial charge in [0.2, 0.25) is 15.3 Å². The van der Waals surface area contributed by atoms with Crippen molar-refractivity contribution in [2.24, 2.45) is 0 Å². The van der Waals surface area contributed by atoms with Gasteiger partial charge in [0, 0.05) is 67.4 Å². The van der Waals surface area contributed by atoms with E-state index in [-0.39, 0.29) is 102 Å². The summed E-state index contributed by atoms with van der Waals surface area (Å²) < 4.78 is 18.1. The average molecular weight is 1340 g/mol. The lowest BCUT2D eigenvalue weighted by molar-refractivity contribution is -0.144. The molecule has 4 aromatic rings. The van der Waals surface area contributed by atoms with E-state index in [1.54, 1.807) is 39.0 Å². The molecule has 0 aliphatic rings. The summed E-state index contributed by atoms with van der Waals surface area (Å²) in [4.78, 5) is 121. The summed E-state index contributed by atoms with van der Waals surface area (Å²) >= 11 is 2.62. The molecular formula is C72H99N3O15S3. The zero-order valence-corrected chi connectivity index (χ0v) is 60.9. The quantitative estimate of drug-likeness (QED) is 0.0335. The van der Waals surface area contributed by atoms with E-state index in [1.165, 1.54) is 0 Å². The van der Waals surface area contributed by atoms with Crippen LogP contribution in [0.25, 0.3) is 18.2 Å². The van der Waals surface area contributed by atoms with Gasteiger partial charge in [0.15, 0.2) is 0 Å². The molecule has 1 heterocycles. The number of nitrogens with zero attached hydrogens (tertiary/aromatic N) is 3. The number of aromatic nitrogens is 3. The first-order valence-corrected chi connectivity index (χ1v) is 34.2. The van der Waals surface area contributed by atoms with Gasteiger partial charge in [-0.05, 0) is 106 Å². The number of aromatic hydroxyl groups is 3. The maximum Gasteiger partial charge on any atom is 0.336 e. The highest BCUT2D eigenvalue weighted by atomic mass is 32.2. The van der Waals surface area contributed by atoms with E-state index in [4.69, 9.17) is 14.2 Å². The lowest BCUT2D eigenvalue weighted by Gasteiger charge is -2.27. The third kappa shape index (κ3) is 22.7. The van der Waals surface area contributed by atoms with Crippen LogP contribution in [0.1, 0.15) is 215 Å². The first-order chi connectivity index (χ1) is 42.6. The summed E-state index contributed by atoms with van der Waals surface area (Å²) in [5.74, 6) is -1.97. The predicted molar refractivity (Wildman–Crippen MR) is 376 cm³/mol. The lowest BCUT2D eigenvalue weighted by Crippen LogP contribution is -2.55. The number of phenolic OH excluding ortho intramolecular Hbond substituents is 3. The van der Waals surface area contributed by atoms with Crippen molar-refractivity contribution in [3.63, 3.8) is 0 Å². The molecule has 4 rings (SSSR count). The number of ether oxygens (including phenoxy) is 3. The molecule has 0 saturated carbocycles. The van der Waals surface area contributed by atoms with Gasteiger partial charge >= 0.3 is 35.0 Å². The van der Waals surface area contributed by atoms with Crippen molar-refractivity contribution < 1.29 is 58.3 Å². The van der Waals surface area contributed by atoms with E-state index in [0.717, 1.165) is 68.7 Å². The van der Waals surface area contributed by atoms with Crippen molar-refractivity contribution in [1.29, 1.82) is 0 Å². The molecule has 0 radical (unpaired) electrons. The number of phenols is 3. The van der Waals surface area contributed by atoms with E-state index < -0.39 is 74.4 Å². The van der Waals surface area contributed by atoms with Crippen LogP contribution in [0.3, 0.4) is 0 Å². The standard InChI is InChI=1S/C72H99N3O15S3/c1-43(34-46-37-49(67(4,5)6)40-52(58(46)79)70(13,14)15)61(82)91-31-22-55(76)88-28-25-73-64(85)74(26-29-89-56(77)23-32-92-62(83)44(2)35-47-38-50(68(7,8)9)41-53(59(47)80)71(16,17)18)66(87)75(65(73)86)27-30-90-57(78)24-33-93-63(84)45(3)36-48-39-51(69(10,11)12)42-54(60(48)81)72(19,20)21/h34-42,79-81H,22-33H2,1-21H3/b43-34+,44-35+,45-36+. The molecule has 93 heavy (non-hydrogen) atoms. The van der Waals surface area contributed by atoms with Gasteiger partial charge in [-0.3, -0.25) is 28.8 Å². The van der Waals surface area contributed by atoms with E-state index in [1.807, 2.05) is 98.7 Å². The molecule has 0 spiro atoms. The van der Waals surface area contributed by atoms with Gasteiger partial charge in [-0.25, -0.2) is 28.1 Å². The molecule has 3 aromatic carbocycles. The lowest BCUT2D eigenvalue weighted by atomic mass is 9.78. The second kappa shape index (κ2) is 32.1. The Hall–Kier alpha value is -6.84. The summed E-state index contributed by atoms with van der Waals surface area (Å²) in [6, 6.07) is 11.5. The third-order valence-electron chi connectivity index (χ3n) is 15.3. The maximum atomic E-state index is 13.9. The Balaban J connectivity index is 1.46. The average Bonchev–Trinajstić information content (AvgIpc) is 0.813. The van der Waals surface area contributed by atoms with Crippen LogP contribution in [0.15, 0.2) is 67.5 Å². The topological polar surface area (TPSA) is 257 Å². The van der Waals surface area contributed by atoms with Gasteiger partial charge in [-0.1, -0.05) is 178 Å². The van der Waals surface area contributed by atoms with Crippen molar-refractivity contribution in [3.05, 3.63) is 135 Å². The first kappa shape index (κ1) is 78.6. The Kier molecular flexibility index (Phi) is 27.1. The zero-order chi connectivity index (χ0) is 70.7. The largest absolute Gasteiger partial charge is 0.507 e. The molecule has 1 aromatic heterocycles. The summed E-state index contributed by atoms with van der Waals surface area (Å²) in [5.41, 5.74) is 2.46. The summed E-state index contributed by atoms with van der Waals surface area (Å²) in [7, 11) is 0. The zero-order valence-electron chi connectivity index (χ0n) is 58.5. The van der Waals surface area contributed by atoms with Crippen LogP contribution in [-0.2, 0) is 95.1 Å². The second-order valence-corrected chi connectivity index (χ2v) is 32.7. The molecule has 0 bridgehead atoms. The van der Waals surface area contributed by atoms with Crippen LogP contribution in [0.2, 0.25) is 0 Å². The van der Waals surface area contributed by atoms with Crippen LogP contribution in [0, 0.1) is 0 Å². The summed E-state index contributed by atoms with van der Waals surface area (Å²) in [5, 5.41) is 32.8. The number of rotatable bonds is 24. The minimum Gasteiger partial charge on any atom is -0.507 e. The molecule has 0 atom stereocenters. The minimum atomic E-state index is -1.11. The van der Waals surface area contributed by atoms with Crippen molar-refractivity contribution in [2.45, 2.75) is 217 Å². The Morgan fingerprint density at radius 1 is 0.376 bits per heavy atom. The minimum absolute atomic E-state index is 0.0179. The van der Waals surface area contributed by atoms with Gasteiger partial charge in [0.1, 0.15) is 37.1 Å². The molecule has 510 valence electrons. The molecule has 0 saturated heterocycles. The van der Waals surface area contributed by atoms with E-state index in [0.29, 0.717) is 47.1 Å². The molecule has 21 heteroatoms. The van der Waals surface area contributed by atoms with Gasteiger partial charge in [0.25, 0.3) is 0 Å². The van der Waals surface area contributed by atoms with Crippen molar-refractivity contribution in [1.82, 2.24) is 13.7 Å². The Morgan fingerprint density at radius 3 is 0.785 bits per heavy atom. The maximum absolute atomic E-state index is 13.9. The van der Waals surface area contributed by atoms with Crippen LogP contribution in [0.4, 0.5) is 0 Å². The smallest absolute Gasteiger partial charge is 0.336 e. The Morgan fingerprint density at radius 2 is 0.591 bits per heavy atom. The molecule has 0 amide bonds. The number of carbonyl (C=O) groups excluding carboxylic acids is 6. The SMILES string of the molecule is C/C(=C\c1cc(C(C)(C)C)cc(C(C)(C)C)c1O)C(=O)SCCC(=O)OCCn1c(=O)n(CCOC(=O)CCSC(=O)/C(C)=C/c2cc(C(C)(C)C)cc(C(C)(C)C)c2O)c(=O)n(CCOC(=O)CCSC(=O)/C(C)=C/c2cc(C(C)(C)C)cc(C(C)(C)C)c2O)c1=O. The van der Waals surface area contributed by atoms with E-state index >= 15 is 0 Å². The van der Waals surface area contributed by atoms with Crippen molar-refractivity contribution in [3.8, 4) is 17.2 Å². The van der Waals surface area contributed by atoms with Crippen LogP contribution in [-0.4, -0.2) is 99.4 Å². The van der Waals surface area contributed by atoms with Gasteiger partial charge in [0.05, 0.1) is 38.9 Å². The van der Waals surface area contributed by atoms with Gasteiger partial charge in [-0.2, -0.15) is 0 Å². The molecule has 0 fully saturated rings. The molecule has 0 unspecified atom stereocenters. The monoisotopic (exact) mass is 1340 g/mol. The molecule has 3 N–H and O–H groups in total. The second-order valence-electron chi connectivity index (χ2n) is 29.5. The normalized spacial score (nSPS) is 13.1. The number of esters is 3. The highest BCUT2D eigenvalue weighted by Crippen LogP contribution is 2.42. The summed E-state index contributed by atoms with van der Waals surface area (Å²) in [6.45, 7) is 38.3. The van der Waals surface area contributed by atoms with Crippen molar-refractivity contribution in [2.75, 3.05) is 37.1 Å². The third-order valence-corrected chi connectivity index (χ3v) is 18.2. The number of hydrogen-bond donors (Lipinski definition) is 3. The fraction of sp³-hybridized carbons (Fsp3) is 0.542. The molecule has 0 aliphatic carbocycles. The van der Waals surface area contributed by atoms with Crippen LogP contribution >= 0.6 is 35.3 Å². The number of hydrogen-bond acceptors (Lipinski definition) is 18. The van der Waals surface area contributed by atoms with Gasteiger partial charge < -0.3 is 29.5 Å². The fourth-order valence-electron chi connectivity index (χ4n) is 9.44. The van der Waals surface area contributed by atoms with E-state index in [9.17, 15) is 58.5 Å². The number of thioether (sulfide) groups is 3. The number of benzene rings is 3. The molecule has 0 aliphatic heterocycles. The Bertz CT molecular complexity index is 3330. The molecular weight excluding hydrogens is 1240 g/mol. The fourth-order valence-corrected chi connectivity index (χ4v) is 11.7. The summed E-state index contributed by atoms with van der Waals surface area (Å²) in [6.07, 6.45) is 4.18. The molecule has 18 nitrogen and oxygen atoms in total. The van der Waals surface area contributed by atoms with Crippen LogP contribution < -0.4 is 17.1 Å². The van der Waals surface area contributed by atoms with Gasteiger partial charge in [-0.15, -0.1) is 0 Å². The first-order valence-electron chi connectivity index (χ1n) is 31.3. The van der Waals surface area contributed by atoms with Crippen molar-refractivity contribution >= 4 is 86.8 Å². The Labute approximate surface area is 561 Å². The van der Waals surface area contributed by atoms with E-state index in [2.05, 4.69) is 62.3 Å². The predicted octanol–water partition coefficient (Wildman–Crippen LogP) is 13.0. The number of carbonyl (C=O) groups is 6. The van der Waals surface area contributed by atoms with Crippen LogP contribution in [0.5, 0.6) is 17.2 Å². The highest BCUT2D eigenvalue weighted by molar-refractivity contribution is 8.14. The highest BCUT2D eigenvalue weighted by Gasteiger charge is 2.29.